The van der Waals surface area contributed by atoms with Crippen molar-refractivity contribution in [2.45, 2.75) is 58.5 Å². The quantitative estimate of drug-likeness (QED) is 0.611. The monoisotopic (exact) mass is 408 g/mol. The Kier molecular flexibility index (Phi) is 7.46. The number of anilines is 3. The topological polar surface area (TPSA) is 87.5 Å². The molecule has 0 radical (unpaired) electrons. The number of amides is 2. The van der Waals surface area contributed by atoms with E-state index in [1.165, 1.54) is 0 Å². The molecule has 1 atom stereocenters. The summed E-state index contributed by atoms with van der Waals surface area (Å²) in [4.78, 5) is 27.0. The molecule has 0 saturated carbocycles. The van der Waals surface area contributed by atoms with Gasteiger partial charge in [0.2, 0.25) is 11.8 Å². The zero-order valence-electron chi connectivity index (χ0n) is 17.9. The van der Waals surface area contributed by atoms with Gasteiger partial charge in [0.25, 0.3) is 0 Å². The van der Waals surface area contributed by atoms with Crippen LogP contribution in [0.2, 0.25) is 0 Å². The third-order valence-electron chi connectivity index (χ3n) is 5.48. The first-order chi connectivity index (χ1) is 14.5. The van der Waals surface area contributed by atoms with Crippen LogP contribution < -0.4 is 21.3 Å². The van der Waals surface area contributed by atoms with Crippen LogP contribution in [-0.2, 0) is 16.1 Å². The fraction of sp³-hybridized carbons (Fsp3) is 0.417. The maximum absolute atomic E-state index is 12.9. The average molecular weight is 409 g/mol. The van der Waals surface area contributed by atoms with Gasteiger partial charge in [0.05, 0.1) is 0 Å². The standard InChI is InChI=1S/C24H32N4O2/c1-3-7-21(26-19-9-6-8-18(15-19)16-25)24(30)27-20-11-12-22(17(2)14-20)28-13-5-4-10-23(28)29/h6,8-9,11-12,14-15,21,26H,3-5,7,10,13,16,25H2,1-2H3,(H,27,30). The van der Waals surface area contributed by atoms with Crippen LogP contribution in [0.4, 0.5) is 17.1 Å². The second-order valence-corrected chi connectivity index (χ2v) is 7.88. The van der Waals surface area contributed by atoms with Crippen molar-refractivity contribution in [2.24, 2.45) is 5.73 Å². The van der Waals surface area contributed by atoms with Crippen LogP contribution in [0.5, 0.6) is 0 Å². The molecular weight excluding hydrogens is 376 g/mol. The van der Waals surface area contributed by atoms with Crippen LogP contribution in [0.1, 0.15) is 50.2 Å². The summed E-state index contributed by atoms with van der Waals surface area (Å²) in [5.41, 5.74) is 10.3. The van der Waals surface area contributed by atoms with E-state index in [-0.39, 0.29) is 17.9 Å². The first-order valence-electron chi connectivity index (χ1n) is 10.8. The Morgan fingerprint density at radius 2 is 2.00 bits per heavy atom. The number of nitrogens with one attached hydrogen (secondary N) is 2. The summed E-state index contributed by atoms with van der Waals surface area (Å²) in [6.45, 7) is 5.26. The summed E-state index contributed by atoms with van der Waals surface area (Å²) in [6.07, 6.45) is 4.20. The van der Waals surface area contributed by atoms with E-state index < -0.39 is 0 Å². The minimum atomic E-state index is -0.341. The molecule has 30 heavy (non-hydrogen) atoms. The number of nitrogens with two attached hydrogens (primary N) is 1. The van der Waals surface area contributed by atoms with Crippen LogP contribution in [0.3, 0.4) is 0 Å². The molecule has 2 aromatic rings. The molecule has 4 N–H and O–H groups in total. The minimum absolute atomic E-state index is 0.0730. The Hall–Kier alpha value is -2.86. The van der Waals surface area contributed by atoms with Crippen LogP contribution in [0.25, 0.3) is 0 Å². The number of nitrogens with zero attached hydrogens (tertiary/aromatic N) is 1. The molecule has 2 aromatic carbocycles. The highest BCUT2D eigenvalue weighted by Crippen LogP contribution is 2.27. The van der Waals surface area contributed by atoms with E-state index in [1.807, 2.05) is 54.3 Å². The molecule has 2 amide bonds. The van der Waals surface area contributed by atoms with Gasteiger partial charge < -0.3 is 21.3 Å². The van der Waals surface area contributed by atoms with Crippen LogP contribution in [0.15, 0.2) is 42.5 Å². The predicted octanol–water partition coefficient (Wildman–Crippen LogP) is 4.19. The lowest BCUT2D eigenvalue weighted by molar-refractivity contribution is -0.119. The highest BCUT2D eigenvalue weighted by Gasteiger charge is 2.22. The van der Waals surface area contributed by atoms with E-state index in [4.69, 9.17) is 5.73 Å². The normalized spacial score (nSPS) is 15.0. The van der Waals surface area contributed by atoms with E-state index in [1.54, 1.807) is 0 Å². The number of hydrogen-bond donors (Lipinski definition) is 3. The van der Waals surface area contributed by atoms with Gasteiger partial charge >= 0.3 is 0 Å². The number of rotatable bonds is 8. The highest BCUT2D eigenvalue weighted by atomic mass is 16.2. The molecule has 0 aliphatic carbocycles. The maximum Gasteiger partial charge on any atom is 0.246 e. The summed E-state index contributed by atoms with van der Waals surface area (Å²) in [6, 6.07) is 13.2. The van der Waals surface area contributed by atoms with Gasteiger partial charge in [-0.05, 0) is 67.6 Å². The van der Waals surface area contributed by atoms with E-state index in [9.17, 15) is 9.59 Å². The SMILES string of the molecule is CCCC(Nc1cccc(CN)c1)C(=O)Nc1ccc(N2CCCCC2=O)c(C)c1. The zero-order valence-corrected chi connectivity index (χ0v) is 17.9. The highest BCUT2D eigenvalue weighted by molar-refractivity contribution is 5.98. The van der Waals surface area contributed by atoms with Gasteiger partial charge in [-0.25, -0.2) is 0 Å². The molecule has 1 aliphatic heterocycles. The maximum atomic E-state index is 12.9. The molecular formula is C24H32N4O2. The molecule has 6 heteroatoms. The average Bonchev–Trinajstić information content (AvgIpc) is 2.74. The number of benzene rings is 2. The molecule has 1 saturated heterocycles. The number of piperidine rings is 1. The Labute approximate surface area is 178 Å². The number of carbonyl (C=O) groups is 2. The van der Waals surface area contributed by atoms with E-state index in [0.29, 0.717) is 13.0 Å². The molecule has 1 fully saturated rings. The number of aryl methyl sites for hydroxylation is 1. The molecule has 0 aromatic heterocycles. The van der Waals surface area contributed by atoms with Crippen molar-refractivity contribution < 1.29 is 9.59 Å². The van der Waals surface area contributed by atoms with Crippen molar-refractivity contribution in [1.82, 2.24) is 0 Å². The molecule has 6 nitrogen and oxygen atoms in total. The second-order valence-electron chi connectivity index (χ2n) is 7.88. The minimum Gasteiger partial charge on any atom is -0.374 e. The Morgan fingerprint density at radius 1 is 1.17 bits per heavy atom. The van der Waals surface area contributed by atoms with E-state index in [2.05, 4.69) is 17.6 Å². The molecule has 0 bridgehead atoms. The molecule has 1 heterocycles. The van der Waals surface area contributed by atoms with Gasteiger partial charge in [-0.15, -0.1) is 0 Å². The van der Waals surface area contributed by atoms with Gasteiger partial charge in [0.15, 0.2) is 0 Å². The van der Waals surface area contributed by atoms with E-state index >= 15 is 0 Å². The lowest BCUT2D eigenvalue weighted by atomic mass is 10.1. The van der Waals surface area contributed by atoms with Crippen molar-refractivity contribution in [1.29, 1.82) is 0 Å². The van der Waals surface area contributed by atoms with Crippen molar-refractivity contribution in [3.05, 3.63) is 53.6 Å². The lowest BCUT2D eigenvalue weighted by Gasteiger charge is -2.28. The molecule has 160 valence electrons. The van der Waals surface area contributed by atoms with Crippen molar-refractivity contribution in [3.63, 3.8) is 0 Å². The number of hydrogen-bond acceptors (Lipinski definition) is 4. The van der Waals surface area contributed by atoms with Crippen LogP contribution >= 0.6 is 0 Å². The summed E-state index contributed by atoms with van der Waals surface area (Å²) >= 11 is 0. The molecule has 1 aliphatic rings. The van der Waals surface area contributed by atoms with Crippen molar-refractivity contribution >= 4 is 28.9 Å². The summed E-state index contributed by atoms with van der Waals surface area (Å²) in [5, 5.41) is 6.37. The van der Waals surface area contributed by atoms with Gasteiger partial charge in [0.1, 0.15) is 6.04 Å². The Balaban J connectivity index is 1.70. The van der Waals surface area contributed by atoms with Crippen LogP contribution in [0, 0.1) is 6.92 Å². The molecule has 0 spiro atoms. The third-order valence-corrected chi connectivity index (χ3v) is 5.48. The van der Waals surface area contributed by atoms with E-state index in [0.717, 1.165) is 60.4 Å². The Morgan fingerprint density at radius 3 is 2.70 bits per heavy atom. The summed E-state index contributed by atoms with van der Waals surface area (Å²) in [7, 11) is 0. The predicted molar refractivity (Wildman–Crippen MR) is 123 cm³/mol. The fourth-order valence-corrected chi connectivity index (χ4v) is 3.87. The largest absolute Gasteiger partial charge is 0.374 e. The molecule has 3 rings (SSSR count). The van der Waals surface area contributed by atoms with Gasteiger partial charge in [-0.3, -0.25) is 9.59 Å². The smallest absolute Gasteiger partial charge is 0.246 e. The lowest BCUT2D eigenvalue weighted by Crippen LogP contribution is -2.36. The van der Waals surface area contributed by atoms with Gasteiger partial charge in [-0.1, -0.05) is 25.5 Å². The Bertz CT molecular complexity index is 897. The first kappa shape index (κ1) is 21.8. The van der Waals surface area contributed by atoms with Crippen molar-refractivity contribution in [2.75, 3.05) is 22.1 Å². The summed E-state index contributed by atoms with van der Waals surface area (Å²) < 4.78 is 0. The fourth-order valence-electron chi connectivity index (χ4n) is 3.87. The van der Waals surface area contributed by atoms with Gasteiger partial charge in [0, 0.05) is 36.6 Å². The first-order valence-corrected chi connectivity index (χ1v) is 10.8. The van der Waals surface area contributed by atoms with Crippen LogP contribution in [-0.4, -0.2) is 24.4 Å². The molecule has 1 unspecified atom stereocenters. The third kappa shape index (κ3) is 5.39. The van der Waals surface area contributed by atoms with Crippen molar-refractivity contribution in [3.8, 4) is 0 Å². The zero-order chi connectivity index (χ0) is 21.5. The van der Waals surface area contributed by atoms with Gasteiger partial charge in [-0.2, -0.15) is 0 Å². The number of carbonyl (C=O) groups excluding carboxylic acids is 2. The second kappa shape index (κ2) is 10.3. The summed E-state index contributed by atoms with van der Waals surface area (Å²) in [5.74, 6) is 0.101.